The maximum Gasteiger partial charge on any atom is 0.344 e. The van der Waals surface area contributed by atoms with E-state index in [0.717, 1.165) is 25.7 Å². The highest BCUT2D eigenvalue weighted by atomic mass is 16.6. The van der Waals surface area contributed by atoms with Crippen molar-refractivity contribution in [3.63, 3.8) is 0 Å². The van der Waals surface area contributed by atoms with Crippen molar-refractivity contribution in [3.05, 3.63) is 0 Å². The Morgan fingerprint density at radius 2 is 1.34 bits per heavy atom. The first-order chi connectivity index (χ1) is 15.3. The molecule has 8 nitrogen and oxygen atoms in total. The Labute approximate surface area is 192 Å². The van der Waals surface area contributed by atoms with Gasteiger partial charge in [0.05, 0.1) is 25.7 Å². The number of rotatable bonds is 19. The highest BCUT2D eigenvalue weighted by Crippen LogP contribution is 2.13. The standard InChI is InChI=1S/C24H42O8/c1-5-7-12-20(6-2)17-31-23(27)18-32-22(26)13-9-8-10-15-29-21(25)14-11-16-30-24(28)19(3)4/h19-20H,5-18H2,1-4H3. The van der Waals surface area contributed by atoms with Crippen LogP contribution in [0.3, 0.4) is 0 Å². The van der Waals surface area contributed by atoms with Crippen molar-refractivity contribution >= 4 is 23.9 Å². The number of hydrogen-bond donors (Lipinski definition) is 0. The highest BCUT2D eigenvalue weighted by molar-refractivity contribution is 5.76. The third-order valence-corrected chi connectivity index (χ3v) is 4.90. The number of unbranched alkanes of at least 4 members (excludes halogenated alkanes) is 3. The Morgan fingerprint density at radius 3 is 2.00 bits per heavy atom. The SMILES string of the molecule is CCCCC(CC)COC(=O)COC(=O)CCCCCOC(=O)CCCOC(=O)C(C)C. The molecule has 0 bridgehead atoms. The summed E-state index contributed by atoms with van der Waals surface area (Å²) in [5.74, 6) is -1.38. The van der Waals surface area contributed by atoms with Gasteiger partial charge in [-0.05, 0) is 38.0 Å². The van der Waals surface area contributed by atoms with Crippen LogP contribution in [0.4, 0.5) is 0 Å². The van der Waals surface area contributed by atoms with Crippen molar-refractivity contribution in [2.24, 2.45) is 11.8 Å². The zero-order valence-electron chi connectivity index (χ0n) is 20.3. The van der Waals surface area contributed by atoms with Crippen molar-refractivity contribution in [2.75, 3.05) is 26.4 Å². The van der Waals surface area contributed by atoms with Gasteiger partial charge in [0.1, 0.15) is 0 Å². The van der Waals surface area contributed by atoms with Gasteiger partial charge in [-0.3, -0.25) is 14.4 Å². The minimum absolute atomic E-state index is 0.179. The molecule has 32 heavy (non-hydrogen) atoms. The molecule has 0 radical (unpaired) electrons. The van der Waals surface area contributed by atoms with Gasteiger partial charge < -0.3 is 18.9 Å². The molecular formula is C24H42O8. The molecular weight excluding hydrogens is 416 g/mol. The van der Waals surface area contributed by atoms with Gasteiger partial charge in [0, 0.05) is 12.8 Å². The molecule has 0 aromatic carbocycles. The fourth-order valence-corrected chi connectivity index (χ4v) is 2.72. The molecule has 0 saturated carbocycles. The maximum atomic E-state index is 11.7. The van der Waals surface area contributed by atoms with Crippen molar-refractivity contribution in [1.82, 2.24) is 0 Å². The molecule has 8 heteroatoms. The Bertz CT molecular complexity index is 544. The summed E-state index contributed by atoms with van der Waals surface area (Å²) >= 11 is 0. The van der Waals surface area contributed by atoms with Crippen LogP contribution in [0.1, 0.15) is 91.9 Å². The lowest BCUT2D eigenvalue weighted by Gasteiger charge is -2.14. The lowest BCUT2D eigenvalue weighted by Crippen LogP contribution is -2.20. The topological polar surface area (TPSA) is 105 Å². The molecule has 0 amide bonds. The van der Waals surface area contributed by atoms with Crippen LogP contribution in [0.5, 0.6) is 0 Å². The van der Waals surface area contributed by atoms with Crippen molar-refractivity contribution in [3.8, 4) is 0 Å². The minimum atomic E-state index is -0.515. The van der Waals surface area contributed by atoms with E-state index in [1.54, 1.807) is 13.8 Å². The average molecular weight is 459 g/mol. The second-order valence-corrected chi connectivity index (χ2v) is 8.22. The van der Waals surface area contributed by atoms with E-state index < -0.39 is 11.9 Å². The maximum absolute atomic E-state index is 11.7. The van der Waals surface area contributed by atoms with E-state index in [2.05, 4.69) is 13.8 Å². The Balaban J connectivity index is 3.63. The second-order valence-electron chi connectivity index (χ2n) is 8.22. The lowest BCUT2D eigenvalue weighted by atomic mass is 10.0. The Hall–Kier alpha value is -2.12. The van der Waals surface area contributed by atoms with Crippen LogP contribution in [0.2, 0.25) is 0 Å². The predicted molar refractivity (Wildman–Crippen MR) is 120 cm³/mol. The van der Waals surface area contributed by atoms with Gasteiger partial charge in [0.25, 0.3) is 0 Å². The number of hydrogen-bond acceptors (Lipinski definition) is 8. The summed E-state index contributed by atoms with van der Waals surface area (Å²) in [5.41, 5.74) is 0. The zero-order valence-corrected chi connectivity index (χ0v) is 20.3. The smallest absolute Gasteiger partial charge is 0.344 e. The van der Waals surface area contributed by atoms with E-state index >= 15 is 0 Å². The molecule has 1 unspecified atom stereocenters. The summed E-state index contributed by atoms with van der Waals surface area (Å²) in [6.07, 6.45) is 6.98. The van der Waals surface area contributed by atoms with Crippen LogP contribution in [-0.2, 0) is 38.1 Å². The normalized spacial score (nSPS) is 11.7. The van der Waals surface area contributed by atoms with Crippen LogP contribution in [0.15, 0.2) is 0 Å². The quantitative estimate of drug-likeness (QED) is 0.160. The predicted octanol–water partition coefficient (Wildman–Crippen LogP) is 4.37. The van der Waals surface area contributed by atoms with Gasteiger partial charge in [-0.2, -0.15) is 0 Å². The van der Waals surface area contributed by atoms with Crippen molar-refractivity contribution < 1.29 is 38.1 Å². The van der Waals surface area contributed by atoms with Gasteiger partial charge in [-0.15, -0.1) is 0 Å². The molecule has 0 aliphatic heterocycles. The molecule has 0 aliphatic rings. The van der Waals surface area contributed by atoms with E-state index in [0.29, 0.717) is 38.2 Å². The lowest BCUT2D eigenvalue weighted by molar-refractivity contribution is -0.159. The molecule has 0 aromatic rings. The molecule has 0 aromatic heterocycles. The summed E-state index contributed by atoms with van der Waals surface area (Å²) in [6, 6.07) is 0. The molecule has 0 rings (SSSR count). The Kier molecular flexibility index (Phi) is 18.3. The molecule has 0 aliphatic carbocycles. The third kappa shape index (κ3) is 17.5. The molecule has 1 atom stereocenters. The van der Waals surface area contributed by atoms with Crippen molar-refractivity contribution in [1.29, 1.82) is 0 Å². The van der Waals surface area contributed by atoms with Crippen LogP contribution in [-0.4, -0.2) is 50.3 Å². The fraction of sp³-hybridized carbons (Fsp3) is 0.833. The van der Waals surface area contributed by atoms with Gasteiger partial charge in [0.15, 0.2) is 6.61 Å². The first-order valence-corrected chi connectivity index (χ1v) is 11.9. The summed E-state index contributed by atoms with van der Waals surface area (Å²) in [4.78, 5) is 46.3. The van der Waals surface area contributed by atoms with E-state index in [9.17, 15) is 19.2 Å². The summed E-state index contributed by atoms with van der Waals surface area (Å²) in [7, 11) is 0. The number of esters is 4. The van der Waals surface area contributed by atoms with Gasteiger partial charge >= 0.3 is 23.9 Å². The molecule has 0 heterocycles. The highest BCUT2D eigenvalue weighted by Gasteiger charge is 2.12. The summed E-state index contributed by atoms with van der Waals surface area (Å²) < 4.78 is 20.2. The van der Waals surface area contributed by atoms with Crippen LogP contribution in [0.25, 0.3) is 0 Å². The third-order valence-electron chi connectivity index (χ3n) is 4.90. The number of carbonyl (C=O) groups excluding carboxylic acids is 4. The van der Waals surface area contributed by atoms with Gasteiger partial charge in [0.2, 0.25) is 0 Å². The van der Waals surface area contributed by atoms with Crippen LogP contribution < -0.4 is 0 Å². The van der Waals surface area contributed by atoms with Crippen molar-refractivity contribution in [2.45, 2.75) is 91.9 Å². The summed E-state index contributed by atoms with van der Waals surface area (Å²) in [6.45, 7) is 8.21. The largest absolute Gasteiger partial charge is 0.466 e. The van der Waals surface area contributed by atoms with Gasteiger partial charge in [-0.1, -0.05) is 47.0 Å². The molecule has 0 N–H and O–H groups in total. The minimum Gasteiger partial charge on any atom is -0.466 e. The van der Waals surface area contributed by atoms with Crippen LogP contribution in [0, 0.1) is 11.8 Å². The summed E-state index contributed by atoms with van der Waals surface area (Å²) in [5, 5.41) is 0. The molecule has 0 spiro atoms. The first-order valence-electron chi connectivity index (χ1n) is 11.9. The van der Waals surface area contributed by atoms with E-state index in [4.69, 9.17) is 18.9 Å². The van der Waals surface area contributed by atoms with E-state index in [-0.39, 0.29) is 50.5 Å². The van der Waals surface area contributed by atoms with Crippen LogP contribution >= 0.6 is 0 Å². The fourth-order valence-electron chi connectivity index (χ4n) is 2.72. The van der Waals surface area contributed by atoms with Gasteiger partial charge in [-0.25, -0.2) is 4.79 Å². The zero-order chi connectivity index (χ0) is 24.2. The number of ether oxygens (including phenoxy) is 4. The molecule has 0 saturated heterocycles. The second kappa shape index (κ2) is 19.6. The Morgan fingerprint density at radius 1 is 0.688 bits per heavy atom. The monoisotopic (exact) mass is 458 g/mol. The van der Waals surface area contributed by atoms with E-state index in [1.165, 1.54) is 0 Å². The average Bonchev–Trinajstić information content (AvgIpc) is 2.77. The van der Waals surface area contributed by atoms with E-state index in [1.807, 2.05) is 0 Å². The first kappa shape index (κ1) is 29.9. The molecule has 0 fully saturated rings. The number of carbonyl (C=O) groups is 4. The molecule has 186 valence electrons.